The van der Waals surface area contributed by atoms with Gasteiger partial charge in [-0.25, -0.2) is 0 Å². The van der Waals surface area contributed by atoms with Crippen LogP contribution >= 0.6 is 24.0 Å². The van der Waals surface area contributed by atoms with E-state index in [9.17, 15) is 0 Å². The molecule has 150 valence electrons. The minimum Gasteiger partial charge on any atom is -0.361 e. The molecule has 1 unspecified atom stereocenters. The van der Waals surface area contributed by atoms with Crippen molar-refractivity contribution in [3.05, 3.63) is 36.0 Å². The molecular formula is C21H34IN5. The number of aliphatic imine (C=N–C) groups is 1. The van der Waals surface area contributed by atoms with Crippen LogP contribution in [-0.2, 0) is 6.42 Å². The largest absolute Gasteiger partial charge is 0.361 e. The highest BCUT2D eigenvalue weighted by Gasteiger charge is 2.14. The molecule has 0 amide bonds. The van der Waals surface area contributed by atoms with E-state index >= 15 is 0 Å². The molecule has 2 aromatic rings. The van der Waals surface area contributed by atoms with Gasteiger partial charge in [-0.1, -0.05) is 25.1 Å². The number of benzene rings is 1. The van der Waals surface area contributed by atoms with Gasteiger partial charge in [-0.15, -0.1) is 24.0 Å². The zero-order valence-electron chi connectivity index (χ0n) is 16.6. The van der Waals surface area contributed by atoms with Crippen molar-refractivity contribution < 1.29 is 0 Å². The van der Waals surface area contributed by atoms with Gasteiger partial charge in [0.1, 0.15) is 0 Å². The summed E-state index contributed by atoms with van der Waals surface area (Å²) in [6.45, 7) is 10.8. The van der Waals surface area contributed by atoms with Crippen LogP contribution in [-0.4, -0.2) is 55.1 Å². The molecular weight excluding hydrogens is 449 g/mol. The quantitative estimate of drug-likeness (QED) is 0.306. The zero-order chi connectivity index (χ0) is 18.2. The van der Waals surface area contributed by atoms with Gasteiger partial charge in [0.2, 0.25) is 0 Å². The number of hydrogen-bond donors (Lipinski definition) is 3. The van der Waals surface area contributed by atoms with Crippen molar-refractivity contribution in [3.8, 4) is 0 Å². The van der Waals surface area contributed by atoms with Crippen molar-refractivity contribution in [2.24, 2.45) is 10.9 Å². The van der Waals surface area contributed by atoms with Crippen LogP contribution in [0.5, 0.6) is 0 Å². The number of nitrogens with one attached hydrogen (secondary N) is 3. The third-order valence-electron chi connectivity index (χ3n) is 5.04. The lowest BCUT2D eigenvalue weighted by atomic mass is 10.1. The number of hydrogen-bond acceptors (Lipinski definition) is 2. The Labute approximate surface area is 180 Å². The maximum absolute atomic E-state index is 4.80. The molecule has 1 fully saturated rings. The Hall–Kier alpha value is -1.28. The fourth-order valence-electron chi connectivity index (χ4n) is 3.71. The van der Waals surface area contributed by atoms with Crippen LogP contribution in [0.25, 0.3) is 10.9 Å². The third-order valence-corrected chi connectivity index (χ3v) is 5.04. The number of aromatic amines is 1. The van der Waals surface area contributed by atoms with E-state index in [0.717, 1.165) is 38.6 Å². The van der Waals surface area contributed by atoms with Crippen molar-refractivity contribution in [1.29, 1.82) is 0 Å². The number of aromatic nitrogens is 1. The first-order chi connectivity index (χ1) is 12.8. The lowest BCUT2D eigenvalue weighted by Gasteiger charge is -2.19. The number of H-pyrrole nitrogens is 1. The predicted molar refractivity (Wildman–Crippen MR) is 126 cm³/mol. The molecule has 1 atom stereocenters. The maximum Gasteiger partial charge on any atom is 0.191 e. The second kappa shape index (κ2) is 11.5. The maximum atomic E-state index is 4.80. The summed E-state index contributed by atoms with van der Waals surface area (Å²) in [5.41, 5.74) is 2.56. The highest BCUT2D eigenvalue weighted by Crippen LogP contribution is 2.17. The van der Waals surface area contributed by atoms with Crippen molar-refractivity contribution in [1.82, 2.24) is 20.5 Å². The summed E-state index contributed by atoms with van der Waals surface area (Å²) in [6, 6.07) is 8.47. The third kappa shape index (κ3) is 6.68. The number of guanidine groups is 1. The second-order valence-electron chi connectivity index (χ2n) is 7.37. The molecule has 3 N–H and O–H groups in total. The molecule has 6 heteroatoms. The van der Waals surface area contributed by atoms with E-state index in [1.807, 2.05) is 0 Å². The first kappa shape index (κ1) is 22.0. The Kier molecular flexibility index (Phi) is 9.41. The SMILES string of the molecule is CCNC(=NCC(C)CN1CCCC1)NCCc1c[nH]c2ccccc12.I. The number of rotatable bonds is 8. The summed E-state index contributed by atoms with van der Waals surface area (Å²) in [4.78, 5) is 10.7. The molecule has 0 bridgehead atoms. The summed E-state index contributed by atoms with van der Waals surface area (Å²) < 4.78 is 0. The van der Waals surface area contributed by atoms with E-state index < -0.39 is 0 Å². The Bertz CT molecular complexity index is 705. The monoisotopic (exact) mass is 483 g/mol. The number of likely N-dealkylation sites (tertiary alicyclic amines) is 1. The summed E-state index contributed by atoms with van der Waals surface area (Å²) in [5, 5.41) is 8.17. The lowest BCUT2D eigenvalue weighted by molar-refractivity contribution is 0.291. The highest BCUT2D eigenvalue weighted by atomic mass is 127. The number of fused-ring (bicyclic) bond motifs is 1. The van der Waals surface area contributed by atoms with Gasteiger partial charge < -0.3 is 20.5 Å². The second-order valence-corrected chi connectivity index (χ2v) is 7.37. The predicted octanol–water partition coefficient (Wildman–Crippen LogP) is 3.62. The molecule has 5 nitrogen and oxygen atoms in total. The van der Waals surface area contributed by atoms with Crippen molar-refractivity contribution >= 4 is 40.8 Å². The molecule has 2 heterocycles. The van der Waals surface area contributed by atoms with E-state index in [2.05, 4.69) is 64.8 Å². The van der Waals surface area contributed by atoms with Gasteiger partial charge in [-0.05, 0) is 56.8 Å². The average Bonchev–Trinajstić information content (AvgIpc) is 3.30. The normalized spacial score (nSPS) is 16.3. The van der Waals surface area contributed by atoms with Crippen LogP contribution in [0.1, 0.15) is 32.3 Å². The van der Waals surface area contributed by atoms with Crippen LogP contribution in [0.2, 0.25) is 0 Å². The molecule has 1 aliphatic rings. The summed E-state index contributed by atoms with van der Waals surface area (Å²) in [6.07, 6.45) is 5.81. The number of para-hydroxylation sites is 1. The topological polar surface area (TPSA) is 55.5 Å². The molecule has 0 spiro atoms. The smallest absolute Gasteiger partial charge is 0.191 e. The van der Waals surface area contributed by atoms with Crippen LogP contribution < -0.4 is 10.6 Å². The molecule has 27 heavy (non-hydrogen) atoms. The Morgan fingerprint density at radius 3 is 2.78 bits per heavy atom. The van der Waals surface area contributed by atoms with Gasteiger partial charge in [-0.3, -0.25) is 4.99 Å². The number of nitrogens with zero attached hydrogens (tertiary/aromatic N) is 2. The first-order valence-corrected chi connectivity index (χ1v) is 10.1. The molecule has 1 aromatic heterocycles. The van der Waals surface area contributed by atoms with Crippen LogP contribution in [0.15, 0.2) is 35.5 Å². The van der Waals surface area contributed by atoms with Crippen LogP contribution in [0, 0.1) is 5.92 Å². The van der Waals surface area contributed by atoms with Crippen molar-refractivity contribution in [2.45, 2.75) is 33.1 Å². The minimum atomic E-state index is 0. The summed E-state index contributed by atoms with van der Waals surface area (Å²) in [7, 11) is 0. The van der Waals surface area contributed by atoms with Crippen LogP contribution in [0.4, 0.5) is 0 Å². The van der Waals surface area contributed by atoms with E-state index in [1.165, 1.54) is 42.4 Å². The van der Waals surface area contributed by atoms with E-state index in [1.54, 1.807) is 0 Å². The van der Waals surface area contributed by atoms with Gasteiger partial charge in [0.05, 0.1) is 0 Å². The highest BCUT2D eigenvalue weighted by molar-refractivity contribution is 14.0. The minimum absolute atomic E-state index is 0. The molecule has 1 aliphatic heterocycles. The Morgan fingerprint density at radius 1 is 1.22 bits per heavy atom. The lowest BCUT2D eigenvalue weighted by Crippen LogP contribution is -2.39. The molecule has 1 aromatic carbocycles. The zero-order valence-corrected chi connectivity index (χ0v) is 19.0. The fraction of sp³-hybridized carbons (Fsp3) is 0.571. The average molecular weight is 483 g/mol. The van der Waals surface area contributed by atoms with Gasteiger partial charge in [0.15, 0.2) is 5.96 Å². The standard InChI is InChI=1S/C21H33N5.HI/c1-3-22-21(25-14-17(2)16-26-12-6-7-13-26)23-11-10-18-15-24-20-9-5-4-8-19(18)20;/h4-5,8-9,15,17,24H,3,6-7,10-14,16H2,1-2H3,(H2,22,23,25);1H. The van der Waals surface area contributed by atoms with E-state index in [0.29, 0.717) is 5.92 Å². The Morgan fingerprint density at radius 2 is 2.00 bits per heavy atom. The Balaban J connectivity index is 0.00000261. The van der Waals surface area contributed by atoms with Crippen molar-refractivity contribution in [3.63, 3.8) is 0 Å². The molecule has 1 saturated heterocycles. The van der Waals surface area contributed by atoms with Crippen LogP contribution in [0.3, 0.4) is 0 Å². The fourth-order valence-corrected chi connectivity index (χ4v) is 3.71. The molecule has 0 radical (unpaired) electrons. The first-order valence-electron chi connectivity index (χ1n) is 10.1. The molecule has 0 saturated carbocycles. The van der Waals surface area contributed by atoms with Gasteiger partial charge in [0.25, 0.3) is 0 Å². The summed E-state index contributed by atoms with van der Waals surface area (Å²) in [5.74, 6) is 1.53. The van der Waals surface area contributed by atoms with Crippen molar-refractivity contribution in [2.75, 3.05) is 39.3 Å². The van der Waals surface area contributed by atoms with Gasteiger partial charge in [-0.2, -0.15) is 0 Å². The molecule has 0 aliphatic carbocycles. The van der Waals surface area contributed by atoms with E-state index in [-0.39, 0.29) is 24.0 Å². The van der Waals surface area contributed by atoms with Gasteiger partial charge in [0, 0.05) is 43.3 Å². The number of halogens is 1. The summed E-state index contributed by atoms with van der Waals surface area (Å²) >= 11 is 0. The van der Waals surface area contributed by atoms with Gasteiger partial charge >= 0.3 is 0 Å². The molecule has 3 rings (SSSR count). The van der Waals surface area contributed by atoms with E-state index in [4.69, 9.17) is 4.99 Å².